The second-order valence-electron chi connectivity index (χ2n) is 10.6. The lowest BCUT2D eigenvalue weighted by Crippen LogP contribution is -2.53. The Labute approximate surface area is 230 Å². The van der Waals surface area contributed by atoms with Crippen LogP contribution in [0, 0.1) is 12.8 Å². The second kappa shape index (κ2) is 13.1. The number of carbonyl (C=O) groups excluding carboxylic acids is 3. The summed E-state index contributed by atoms with van der Waals surface area (Å²) in [5, 5.41) is 5.69. The molecular formula is C30H40N3O6+. The number of methoxy groups -OCH3 is 2. The van der Waals surface area contributed by atoms with Crippen molar-refractivity contribution < 1.29 is 33.1 Å². The van der Waals surface area contributed by atoms with E-state index < -0.39 is 0 Å². The Balaban J connectivity index is 1.35. The Kier molecular flexibility index (Phi) is 9.59. The normalized spacial score (nSPS) is 20.2. The molecular weight excluding hydrogens is 498 g/mol. The Hall–Kier alpha value is -3.43. The molecule has 1 saturated heterocycles. The number of amides is 3. The summed E-state index contributed by atoms with van der Waals surface area (Å²) in [6, 6.07) is 12.6. The van der Waals surface area contributed by atoms with Crippen molar-refractivity contribution in [2.24, 2.45) is 5.92 Å². The number of urea groups is 1. The number of hydrogen-bond donors (Lipinski definition) is 2. The Morgan fingerprint density at radius 1 is 0.923 bits per heavy atom. The lowest BCUT2D eigenvalue weighted by Gasteiger charge is -2.34. The number of benzene rings is 2. The van der Waals surface area contributed by atoms with Gasteiger partial charge in [0, 0.05) is 18.5 Å². The number of hydrogen-bond acceptors (Lipinski definition) is 6. The van der Waals surface area contributed by atoms with Crippen LogP contribution in [-0.2, 0) is 25.5 Å². The molecule has 2 aliphatic rings. The molecule has 1 aliphatic carbocycles. The Morgan fingerprint density at radius 3 is 2.28 bits per heavy atom. The predicted octanol–water partition coefficient (Wildman–Crippen LogP) is 5.03. The summed E-state index contributed by atoms with van der Waals surface area (Å²) >= 11 is 0. The van der Waals surface area contributed by atoms with Gasteiger partial charge in [-0.2, -0.15) is 0 Å². The molecule has 2 aromatic rings. The van der Waals surface area contributed by atoms with Gasteiger partial charge in [0.2, 0.25) is 0 Å². The largest absolute Gasteiger partial charge is 0.495 e. The number of rotatable bonds is 9. The summed E-state index contributed by atoms with van der Waals surface area (Å²) in [4.78, 5) is 38.0. The van der Waals surface area contributed by atoms with Gasteiger partial charge in [-0.25, -0.2) is 14.1 Å². The van der Waals surface area contributed by atoms with E-state index >= 15 is 0 Å². The molecule has 1 aliphatic heterocycles. The monoisotopic (exact) mass is 538 g/mol. The summed E-state index contributed by atoms with van der Waals surface area (Å²) in [7, 11) is 2.98. The number of nitrogens with one attached hydrogen (secondary N) is 2. The average Bonchev–Trinajstić information content (AvgIpc) is 3.44. The highest BCUT2D eigenvalue weighted by Gasteiger charge is 2.41. The maximum atomic E-state index is 13.6. The van der Waals surface area contributed by atoms with Crippen molar-refractivity contribution in [3.63, 3.8) is 0 Å². The molecule has 2 fully saturated rings. The lowest BCUT2D eigenvalue weighted by molar-refractivity contribution is -0.864. The van der Waals surface area contributed by atoms with E-state index in [4.69, 9.17) is 14.2 Å². The number of carbonyl (C=O) groups is 3. The third-order valence-electron chi connectivity index (χ3n) is 7.98. The van der Waals surface area contributed by atoms with Crippen molar-refractivity contribution in [2.45, 2.75) is 58.0 Å². The molecule has 0 radical (unpaired) electrons. The Bertz CT molecular complexity index is 1170. The van der Waals surface area contributed by atoms with Crippen LogP contribution in [0.2, 0.25) is 0 Å². The van der Waals surface area contributed by atoms with Gasteiger partial charge in [-0.1, -0.05) is 24.3 Å². The summed E-state index contributed by atoms with van der Waals surface area (Å²) < 4.78 is 17.0. The number of nitrogens with zero attached hydrogens (tertiary/aromatic N) is 1. The number of anilines is 2. The molecule has 4 rings (SSSR count). The van der Waals surface area contributed by atoms with Crippen LogP contribution in [0.5, 0.6) is 5.75 Å². The molecule has 2 aromatic carbocycles. The van der Waals surface area contributed by atoms with E-state index in [1.807, 2.05) is 43.3 Å². The van der Waals surface area contributed by atoms with Crippen molar-refractivity contribution in [3.05, 3.63) is 53.6 Å². The van der Waals surface area contributed by atoms with Crippen molar-refractivity contribution in [1.82, 2.24) is 0 Å². The number of para-hydroxylation sites is 1. The molecule has 39 heavy (non-hydrogen) atoms. The van der Waals surface area contributed by atoms with Gasteiger partial charge in [0.05, 0.1) is 51.4 Å². The summed E-state index contributed by atoms with van der Waals surface area (Å²) in [6.45, 7) is 3.83. The zero-order valence-corrected chi connectivity index (χ0v) is 23.2. The van der Waals surface area contributed by atoms with Crippen LogP contribution in [0.1, 0.15) is 49.7 Å². The number of quaternary nitrogens is 1. The maximum Gasteiger partial charge on any atom is 0.323 e. The fourth-order valence-electron chi connectivity index (χ4n) is 5.55. The SMILES string of the molecule is COC(=O)C1CCC(OC[N+]2(C(=O)Cc3ccc(NC(=O)Nc4ccccc4C)c(OC)c3)CCCC2)CC1. The van der Waals surface area contributed by atoms with Crippen LogP contribution >= 0.6 is 0 Å². The van der Waals surface area contributed by atoms with E-state index in [1.54, 1.807) is 13.2 Å². The van der Waals surface area contributed by atoms with Crippen LogP contribution in [0.4, 0.5) is 16.2 Å². The van der Waals surface area contributed by atoms with Gasteiger partial charge in [-0.15, -0.1) is 0 Å². The van der Waals surface area contributed by atoms with Crippen LogP contribution in [0.25, 0.3) is 0 Å². The molecule has 210 valence electrons. The van der Waals surface area contributed by atoms with Gasteiger partial charge in [0.25, 0.3) is 0 Å². The quantitative estimate of drug-likeness (QED) is 0.343. The molecule has 1 saturated carbocycles. The van der Waals surface area contributed by atoms with Crippen molar-refractivity contribution in [1.29, 1.82) is 0 Å². The predicted molar refractivity (Wildman–Crippen MR) is 148 cm³/mol. The highest BCUT2D eigenvalue weighted by atomic mass is 16.5. The number of esters is 1. The molecule has 3 amide bonds. The van der Waals surface area contributed by atoms with Crippen molar-refractivity contribution >= 4 is 29.3 Å². The molecule has 9 nitrogen and oxygen atoms in total. The average molecular weight is 539 g/mol. The van der Waals surface area contributed by atoms with E-state index in [9.17, 15) is 14.4 Å². The zero-order chi connectivity index (χ0) is 27.8. The molecule has 0 aromatic heterocycles. The lowest BCUT2D eigenvalue weighted by atomic mass is 9.87. The van der Waals surface area contributed by atoms with Gasteiger partial charge in [0.1, 0.15) is 5.75 Å². The third-order valence-corrected chi connectivity index (χ3v) is 7.98. The standard InChI is InChI=1S/C30H39N3O6/c1-21-8-4-5-9-25(21)31-30(36)32-26-15-10-22(18-27(26)37-2)19-28(34)33(16-6-7-17-33)20-39-24-13-11-23(12-14-24)29(35)38-3/h4-5,8-10,15,18,23-24H,6-7,11-14,16-17,19-20H2,1-3H3,(H-,31,32,36)/p+1. The molecule has 0 bridgehead atoms. The van der Waals surface area contributed by atoms with Gasteiger partial charge in [0.15, 0.2) is 6.73 Å². The van der Waals surface area contributed by atoms with Gasteiger partial charge in [-0.3, -0.25) is 4.79 Å². The molecule has 0 spiro atoms. The van der Waals surface area contributed by atoms with Crippen molar-refractivity contribution in [3.8, 4) is 5.75 Å². The van der Waals surface area contributed by atoms with E-state index in [2.05, 4.69) is 10.6 Å². The maximum absolute atomic E-state index is 13.6. The number of likely N-dealkylation sites (tertiary alicyclic amines) is 1. The van der Waals surface area contributed by atoms with Gasteiger partial charge < -0.3 is 24.8 Å². The van der Waals surface area contributed by atoms with E-state index in [1.165, 1.54) is 7.11 Å². The minimum atomic E-state index is -0.370. The summed E-state index contributed by atoms with van der Waals surface area (Å²) in [5.74, 6) is 0.422. The smallest absolute Gasteiger partial charge is 0.323 e. The topological polar surface area (TPSA) is 103 Å². The first-order valence-corrected chi connectivity index (χ1v) is 13.7. The first kappa shape index (κ1) is 28.6. The molecule has 1 heterocycles. The first-order chi connectivity index (χ1) is 18.8. The van der Waals surface area contributed by atoms with E-state index in [-0.39, 0.29) is 36.4 Å². The molecule has 0 atom stereocenters. The fourth-order valence-corrected chi connectivity index (χ4v) is 5.55. The zero-order valence-electron chi connectivity index (χ0n) is 23.2. The van der Waals surface area contributed by atoms with Crippen LogP contribution in [0.3, 0.4) is 0 Å². The molecule has 9 heteroatoms. The summed E-state index contributed by atoms with van der Waals surface area (Å²) in [6.07, 6.45) is 5.42. The second-order valence-corrected chi connectivity index (χ2v) is 10.6. The molecule has 2 N–H and O–H groups in total. The number of aryl methyl sites for hydroxylation is 1. The Morgan fingerprint density at radius 2 is 1.62 bits per heavy atom. The van der Waals surface area contributed by atoms with Gasteiger partial charge in [-0.05, 0) is 61.9 Å². The minimum Gasteiger partial charge on any atom is -0.495 e. The van der Waals surface area contributed by atoms with Crippen LogP contribution < -0.4 is 15.4 Å². The molecule has 0 unspecified atom stereocenters. The third kappa shape index (κ3) is 7.16. The highest BCUT2D eigenvalue weighted by Crippen LogP contribution is 2.31. The highest BCUT2D eigenvalue weighted by molar-refractivity contribution is 6.01. The fraction of sp³-hybridized carbons (Fsp3) is 0.500. The van der Waals surface area contributed by atoms with Gasteiger partial charge >= 0.3 is 17.9 Å². The van der Waals surface area contributed by atoms with Crippen LogP contribution in [-0.4, -0.2) is 62.5 Å². The van der Waals surface area contributed by atoms with E-state index in [0.29, 0.717) is 22.7 Å². The first-order valence-electron chi connectivity index (χ1n) is 13.7. The van der Waals surface area contributed by atoms with E-state index in [0.717, 1.165) is 68.4 Å². The van der Waals surface area contributed by atoms with Crippen LogP contribution in [0.15, 0.2) is 42.5 Å². The number of ether oxygens (including phenoxy) is 3. The van der Waals surface area contributed by atoms with Crippen molar-refractivity contribution in [2.75, 3.05) is 44.7 Å². The summed E-state index contributed by atoms with van der Waals surface area (Å²) in [5.41, 5.74) is 3.04. The minimum absolute atomic E-state index is 0.0487.